The van der Waals surface area contributed by atoms with Crippen LogP contribution in [0.1, 0.15) is 70.6 Å². The van der Waals surface area contributed by atoms with Crippen LogP contribution in [0.5, 0.6) is 0 Å². The van der Waals surface area contributed by atoms with Gasteiger partial charge in [-0.2, -0.15) is 0 Å². The first-order chi connectivity index (χ1) is 13.6. The van der Waals surface area contributed by atoms with Gasteiger partial charge >= 0.3 is 0 Å². The van der Waals surface area contributed by atoms with Crippen LogP contribution in [0.4, 0.5) is 10.1 Å². The molecule has 1 aliphatic heterocycles. The molecule has 0 spiro atoms. The maximum Gasteiger partial charge on any atom is 0.283 e. The maximum absolute atomic E-state index is 13.2. The number of imide groups is 1. The van der Waals surface area contributed by atoms with Crippen molar-refractivity contribution in [2.75, 3.05) is 4.90 Å². The van der Waals surface area contributed by atoms with Gasteiger partial charge in [0.25, 0.3) is 11.8 Å². The van der Waals surface area contributed by atoms with Crippen molar-refractivity contribution in [2.45, 2.75) is 76.7 Å². The smallest absolute Gasteiger partial charge is 0.283 e. The van der Waals surface area contributed by atoms with Crippen molar-refractivity contribution in [3.8, 4) is 0 Å². The van der Waals surface area contributed by atoms with E-state index in [1.54, 1.807) is 0 Å². The largest absolute Gasteiger partial charge is 0.376 e. The minimum absolute atomic E-state index is 0.0829. The van der Waals surface area contributed by atoms with Crippen molar-refractivity contribution < 1.29 is 14.0 Å². The molecule has 6 heteroatoms. The van der Waals surface area contributed by atoms with E-state index in [-0.39, 0.29) is 16.8 Å². The van der Waals surface area contributed by atoms with E-state index >= 15 is 0 Å². The maximum atomic E-state index is 13.2. The van der Waals surface area contributed by atoms with Gasteiger partial charge in [-0.05, 0) is 37.1 Å². The van der Waals surface area contributed by atoms with Gasteiger partial charge in [-0.25, -0.2) is 9.29 Å². The summed E-state index contributed by atoms with van der Waals surface area (Å²) in [6.07, 6.45) is 13.0. The van der Waals surface area contributed by atoms with Gasteiger partial charge in [-0.3, -0.25) is 9.59 Å². The molecule has 1 aromatic rings. The summed E-state index contributed by atoms with van der Waals surface area (Å²) >= 11 is 6.23. The SMILES string of the molecule is O=C1C(Cl)=C(NC2CCCCCCCCCCC2)C(=O)N1c1ccc(F)cc1. The lowest BCUT2D eigenvalue weighted by atomic mass is 9.98. The number of nitrogens with one attached hydrogen (secondary N) is 1. The van der Waals surface area contributed by atoms with Gasteiger partial charge in [0.15, 0.2) is 0 Å². The highest BCUT2D eigenvalue weighted by Crippen LogP contribution is 2.29. The van der Waals surface area contributed by atoms with E-state index in [0.29, 0.717) is 5.69 Å². The Morgan fingerprint density at radius 1 is 0.821 bits per heavy atom. The summed E-state index contributed by atoms with van der Waals surface area (Å²) in [6, 6.07) is 5.40. The van der Waals surface area contributed by atoms with Gasteiger partial charge < -0.3 is 5.32 Å². The van der Waals surface area contributed by atoms with Crippen LogP contribution in [0.25, 0.3) is 0 Å². The number of anilines is 1. The number of hydrogen-bond donors (Lipinski definition) is 1. The second-order valence-electron chi connectivity index (χ2n) is 7.71. The van der Waals surface area contributed by atoms with Crippen molar-refractivity contribution >= 4 is 29.1 Å². The number of benzene rings is 1. The summed E-state index contributed by atoms with van der Waals surface area (Å²) in [4.78, 5) is 26.4. The number of halogens is 2. The first-order valence-electron chi connectivity index (χ1n) is 10.4. The van der Waals surface area contributed by atoms with Gasteiger partial charge in [0, 0.05) is 6.04 Å². The van der Waals surface area contributed by atoms with Crippen LogP contribution < -0.4 is 10.2 Å². The predicted molar refractivity (Wildman–Crippen MR) is 109 cm³/mol. The normalized spacial score (nSPS) is 20.9. The molecule has 1 aliphatic carbocycles. The molecule has 1 fully saturated rings. The van der Waals surface area contributed by atoms with Crippen LogP contribution in [0.15, 0.2) is 35.0 Å². The molecule has 0 radical (unpaired) electrons. The van der Waals surface area contributed by atoms with Crippen molar-refractivity contribution in [3.63, 3.8) is 0 Å². The molecule has 3 rings (SSSR count). The summed E-state index contributed by atoms with van der Waals surface area (Å²) in [5.41, 5.74) is 0.498. The van der Waals surface area contributed by atoms with E-state index in [9.17, 15) is 14.0 Å². The minimum Gasteiger partial charge on any atom is -0.376 e. The van der Waals surface area contributed by atoms with Gasteiger partial charge in [0.1, 0.15) is 16.5 Å². The molecule has 2 aliphatic rings. The first kappa shape index (κ1) is 20.8. The Kier molecular flexibility index (Phi) is 7.49. The molecule has 1 aromatic carbocycles. The fourth-order valence-electron chi connectivity index (χ4n) is 3.96. The van der Waals surface area contributed by atoms with Gasteiger partial charge in [-0.1, -0.05) is 69.4 Å². The fraction of sp³-hybridized carbons (Fsp3) is 0.545. The average Bonchev–Trinajstić information content (AvgIpc) is 2.88. The molecule has 0 bridgehead atoms. The van der Waals surface area contributed by atoms with Crippen molar-refractivity contribution in [3.05, 3.63) is 40.8 Å². The summed E-state index contributed by atoms with van der Waals surface area (Å²) < 4.78 is 13.2. The zero-order valence-corrected chi connectivity index (χ0v) is 16.9. The molecular formula is C22H28ClFN2O2. The van der Waals surface area contributed by atoms with Gasteiger partial charge in [-0.15, -0.1) is 0 Å². The van der Waals surface area contributed by atoms with Crippen LogP contribution in [0.2, 0.25) is 0 Å². The third-order valence-electron chi connectivity index (χ3n) is 5.57. The number of amides is 2. The summed E-state index contributed by atoms with van der Waals surface area (Å²) in [6.45, 7) is 0. The van der Waals surface area contributed by atoms with E-state index in [1.807, 2.05) is 0 Å². The van der Waals surface area contributed by atoms with E-state index in [0.717, 1.165) is 30.6 Å². The molecule has 0 saturated heterocycles. The Labute approximate surface area is 171 Å². The molecule has 2 amide bonds. The quantitative estimate of drug-likeness (QED) is 0.682. The number of nitrogens with zero attached hydrogens (tertiary/aromatic N) is 1. The number of rotatable bonds is 3. The second kappa shape index (κ2) is 10.1. The third-order valence-corrected chi connectivity index (χ3v) is 5.92. The summed E-state index contributed by atoms with van der Waals surface area (Å²) in [7, 11) is 0. The molecule has 0 unspecified atom stereocenters. The Hall–Kier alpha value is -1.88. The topological polar surface area (TPSA) is 49.4 Å². The van der Waals surface area contributed by atoms with E-state index in [2.05, 4.69) is 5.32 Å². The van der Waals surface area contributed by atoms with Crippen LogP contribution in [0.3, 0.4) is 0 Å². The van der Waals surface area contributed by atoms with E-state index in [4.69, 9.17) is 11.6 Å². The number of carbonyl (C=O) groups is 2. The number of hydrogen-bond acceptors (Lipinski definition) is 3. The molecule has 28 heavy (non-hydrogen) atoms. The van der Waals surface area contributed by atoms with Crippen molar-refractivity contribution in [2.24, 2.45) is 0 Å². The second-order valence-corrected chi connectivity index (χ2v) is 8.09. The standard InChI is InChI=1S/C22H28ClFN2O2/c23-19-20(22(28)26(21(19)27)18-14-12-16(24)13-15-18)25-17-10-8-6-4-2-1-3-5-7-9-11-17/h12-15,17,25H,1-11H2. The molecule has 4 nitrogen and oxygen atoms in total. The Morgan fingerprint density at radius 3 is 1.86 bits per heavy atom. The highest BCUT2D eigenvalue weighted by Gasteiger charge is 2.39. The van der Waals surface area contributed by atoms with Crippen molar-refractivity contribution in [1.82, 2.24) is 5.32 Å². The van der Waals surface area contributed by atoms with E-state index in [1.165, 1.54) is 69.2 Å². The monoisotopic (exact) mass is 406 g/mol. The molecule has 1 saturated carbocycles. The lowest BCUT2D eigenvalue weighted by Gasteiger charge is -2.21. The lowest BCUT2D eigenvalue weighted by molar-refractivity contribution is -0.120. The molecule has 0 aromatic heterocycles. The molecule has 1 N–H and O–H groups in total. The highest BCUT2D eigenvalue weighted by molar-refractivity contribution is 6.52. The Bertz CT molecular complexity index is 721. The van der Waals surface area contributed by atoms with Crippen LogP contribution in [-0.2, 0) is 9.59 Å². The van der Waals surface area contributed by atoms with E-state index < -0.39 is 17.6 Å². The summed E-state index contributed by atoms with van der Waals surface area (Å²) in [5.74, 6) is -1.45. The van der Waals surface area contributed by atoms with Gasteiger partial charge in [0.2, 0.25) is 0 Å². The highest BCUT2D eigenvalue weighted by atomic mass is 35.5. The van der Waals surface area contributed by atoms with Crippen LogP contribution >= 0.6 is 11.6 Å². The Balaban J connectivity index is 1.69. The summed E-state index contributed by atoms with van der Waals surface area (Å²) in [5, 5.41) is 3.19. The Morgan fingerprint density at radius 2 is 1.32 bits per heavy atom. The van der Waals surface area contributed by atoms with Gasteiger partial charge in [0.05, 0.1) is 5.69 Å². The van der Waals surface area contributed by atoms with Crippen molar-refractivity contribution in [1.29, 1.82) is 0 Å². The zero-order chi connectivity index (χ0) is 19.9. The molecule has 152 valence electrons. The fourth-order valence-corrected chi connectivity index (χ4v) is 4.18. The number of carbonyl (C=O) groups excluding carboxylic acids is 2. The van der Waals surface area contributed by atoms with Crippen LogP contribution in [0, 0.1) is 5.82 Å². The first-order valence-corrected chi connectivity index (χ1v) is 10.8. The molecule has 1 heterocycles. The molecular weight excluding hydrogens is 379 g/mol. The minimum atomic E-state index is -0.561. The third kappa shape index (κ3) is 5.13. The molecule has 0 atom stereocenters. The predicted octanol–water partition coefficient (Wildman–Crippen LogP) is 5.41. The van der Waals surface area contributed by atoms with Crippen LogP contribution in [-0.4, -0.2) is 17.9 Å². The lowest BCUT2D eigenvalue weighted by Crippen LogP contribution is -2.36. The average molecular weight is 407 g/mol. The zero-order valence-electron chi connectivity index (χ0n) is 16.2.